The number of carbonyl (C=O) groups is 2. The molecule has 2 unspecified atom stereocenters. The highest BCUT2D eigenvalue weighted by Crippen LogP contribution is 2.29. The molecule has 0 bridgehead atoms. The lowest BCUT2D eigenvalue weighted by atomic mass is 10.0. The molecule has 25 heavy (non-hydrogen) atoms. The van der Waals surface area contributed by atoms with Gasteiger partial charge in [0.15, 0.2) is 6.10 Å². The maximum atomic E-state index is 12.0. The predicted molar refractivity (Wildman–Crippen MR) is 92.0 cm³/mol. The van der Waals surface area contributed by atoms with E-state index >= 15 is 0 Å². The van der Waals surface area contributed by atoms with Crippen molar-refractivity contribution in [1.29, 1.82) is 0 Å². The number of ether oxygens (including phenoxy) is 1. The zero-order valence-corrected chi connectivity index (χ0v) is 14.8. The summed E-state index contributed by atoms with van der Waals surface area (Å²) in [5.41, 5.74) is 1.99. The SMILES string of the molecule is Cc1c(C)c2ccc(OC(C)C(=O)NC(C)C(=O)O)c(C)c2oc1=O. The molecule has 0 aliphatic carbocycles. The molecule has 0 aliphatic heterocycles. The minimum atomic E-state index is -1.13. The first-order valence-corrected chi connectivity index (χ1v) is 7.87. The van der Waals surface area contributed by atoms with Crippen molar-refractivity contribution in [3.05, 3.63) is 39.2 Å². The molecule has 0 fully saturated rings. The first-order valence-electron chi connectivity index (χ1n) is 7.87. The Hall–Kier alpha value is -2.83. The topological polar surface area (TPSA) is 106 Å². The first-order chi connectivity index (χ1) is 11.6. The van der Waals surface area contributed by atoms with Crippen LogP contribution < -0.4 is 15.7 Å². The van der Waals surface area contributed by atoms with Gasteiger partial charge in [0, 0.05) is 16.5 Å². The van der Waals surface area contributed by atoms with Crippen molar-refractivity contribution in [2.45, 2.75) is 46.8 Å². The van der Waals surface area contributed by atoms with Crippen LogP contribution in [0.5, 0.6) is 5.75 Å². The van der Waals surface area contributed by atoms with Crippen LogP contribution in [0.25, 0.3) is 11.0 Å². The molecule has 2 atom stereocenters. The van der Waals surface area contributed by atoms with Gasteiger partial charge in [0.25, 0.3) is 5.91 Å². The Bertz CT molecular complexity index is 899. The zero-order chi connectivity index (χ0) is 18.9. The van der Waals surface area contributed by atoms with Gasteiger partial charge in [-0.05, 0) is 52.3 Å². The molecule has 7 nitrogen and oxygen atoms in total. The van der Waals surface area contributed by atoms with Crippen molar-refractivity contribution >= 4 is 22.8 Å². The molecule has 0 aliphatic rings. The number of fused-ring (bicyclic) bond motifs is 1. The fourth-order valence-electron chi connectivity index (χ4n) is 2.39. The number of carbonyl (C=O) groups excluding carboxylic acids is 1. The molecule has 2 rings (SSSR count). The van der Waals surface area contributed by atoms with Crippen molar-refractivity contribution in [3.8, 4) is 5.75 Å². The lowest BCUT2D eigenvalue weighted by molar-refractivity contribution is -0.142. The molecule has 0 saturated carbocycles. The Balaban J connectivity index is 2.32. The van der Waals surface area contributed by atoms with E-state index in [4.69, 9.17) is 14.3 Å². The van der Waals surface area contributed by atoms with E-state index in [1.54, 1.807) is 26.0 Å². The van der Waals surface area contributed by atoms with E-state index in [9.17, 15) is 14.4 Å². The summed E-state index contributed by atoms with van der Waals surface area (Å²) < 4.78 is 11.0. The molecule has 1 aromatic carbocycles. The largest absolute Gasteiger partial charge is 0.480 e. The molecule has 134 valence electrons. The summed E-state index contributed by atoms with van der Waals surface area (Å²) in [5.74, 6) is -1.28. The standard InChI is InChI=1S/C18H21NO6/c1-8-9(2)18(23)25-15-10(3)14(7-6-13(8)15)24-12(5)16(20)19-11(4)17(21)22/h6-7,11-12H,1-5H3,(H,19,20)(H,21,22). The van der Waals surface area contributed by atoms with E-state index in [2.05, 4.69) is 5.32 Å². The predicted octanol–water partition coefficient (Wildman–Crippen LogP) is 2.07. The molecular weight excluding hydrogens is 326 g/mol. The van der Waals surface area contributed by atoms with Crippen LogP contribution in [0.15, 0.2) is 21.3 Å². The minimum absolute atomic E-state index is 0.393. The molecule has 1 heterocycles. The van der Waals surface area contributed by atoms with E-state index in [-0.39, 0.29) is 0 Å². The molecule has 0 saturated heterocycles. The molecule has 1 aromatic heterocycles. The van der Waals surface area contributed by atoms with Crippen molar-refractivity contribution in [2.75, 3.05) is 0 Å². The number of benzene rings is 1. The second-order valence-electron chi connectivity index (χ2n) is 6.03. The Morgan fingerprint density at radius 2 is 1.76 bits per heavy atom. The summed E-state index contributed by atoms with van der Waals surface area (Å²) in [4.78, 5) is 34.7. The van der Waals surface area contributed by atoms with Crippen molar-refractivity contribution in [2.24, 2.45) is 0 Å². The van der Waals surface area contributed by atoms with Gasteiger partial charge in [0.1, 0.15) is 17.4 Å². The van der Waals surface area contributed by atoms with Crippen molar-refractivity contribution in [1.82, 2.24) is 5.32 Å². The van der Waals surface area contributed by atoms with Gasteiger partial charge in [0.2, 0.25) is 0 Å². The van der Waals surface area contributed by atoms with Crippen LogP contribution in [0.4, 0.5) is 0 Å². The van der Waals surface area contributed by atoms with Gasteiger partial charge in [-0.3, -0.25) is 9.59 Å². The number of nitrogens with one attached hydrogen (secondary N) is 1. The second kappa shape index (κ2) is 6.96. The number of aryl methyl sites for hydroxylation is 2. The Morgan fingerprint density at radius 3 is 2.36 bits per heavy atom. The van der Waals surface area contributed by atoms with Crippen LogP contribution in [0.2, 0.25) is 0 Å². The van der Waals surface area contributed by atoms with Gasteiger partial charge >= 0.3 is 11.6 Å². The van der Waals surface area contributed by atoms with Crippen LogP contribution in [-0.2, 0) is 9.59 Å². The third-order valence-corrected chi connectivity index (χ3v) is 4.23. The highest BCUT2D eigenvalue weighted by atomic mass is 16.5. The van der Waals surface area contributed by atoms with E-state index in [0.717, 1.165) is 10.9 Å². The fourth-order valence-corrected chi connectivity index (χ4v) is 2.39. The zero-order valence-electron chi connectivity index (χ0n) is 14.8. The maximum Gasteiger partial charge on any atom is 0.339 e. The number of rotatable bonds is 5. The molecular formula is C18H21NO6. The number of hydrogen-bond acceptors (Lipinski definition) is 5. The van der Waals surface area contributed by atoms with Crippen LogP contribution >= 0.6 is 0 Å². The van der Waals surface area contributed by atoms with Gasteiger partial charge in [0.05, 0.1) is 0 Å². The van der Waals surface area contributed by atoms with Gasteiger partial charge < -0.3 is 19.6 Å². The van der Waals surface area contributed by atoms with Crippen molar-refractivity contribution in [3.63, 3.8) is 0 Å². The molecule has 1 amide bonds. The summed E-state index contributed by atoms with van der Waals surface area (Å²) in [5, 5.41) is 12.0. The number of aliphatic carboxylic acids is 1. The summed E-state index contributed by atoms with van der Waals surface area (Å²) in [6.45, 7) is 8.17. The van der Waals surface area contributed by atoms with Gasteiger partial charge in [-0.15, -0.1) is 0 Å². The van der Waals surface area contributed by atoms with E-state index in [1.165, 1.54) is 13.8 Å². The number of amides is 1. The summed E-state index contributed by atoms with van der Waals surface area (Å²) >= 11 is 0. The number of carboxylic acids is 1. The van der Waals surface area contributed by atoms with Gasteiger partial charge in [-0.2, -0.15) is 0 Å². The molecule has 0 spiro atoms. The lowest BCUT2D eigenvalue weighted by Gasteiger charge is -2.18. The van der Waals surface area contributed by atoms with E-state index < -0.39 is 29.6 Å². The van der Waals surface area contributed by atoms with E-state index in [0.29, 0.717) is 22.5 Å². The Labute approximate surface area is 144 Å². The maximum absolute atomic E-state index is 12.0. The summed E-state index contributed by atoms with van der Waals surface area (Å²) in [7, 11) is 0. The van der Waals surface area contributed by atoms with Crippen LogP contribution in [-0.4, -0.2) is 29.1 Å². The molecule has 0 radical (unpaired) electrons. The number of carboxylic acid groups (broad SMARTS) is 1. The highest BCUT2D eigenvalue weighted by molar-refractivity contribution is 5.87. The quantitative estimate of drug-likeness (QED) is 0.802. The van der Waals surface area contributed by atoms with Gasteiger partial charge in [-0.1, -0.05) is 0 Å². The lowest BCUT2D eigenvalue weighted by Crippen LogP contribution is -2.44. The number of hydrogen-bond donors (Lipinski definition) is 2. The van der Waals surface area contributed by atoms with Crippen LogP contribution in [0.1, 0.15) is 30.5 Å². The average molecular weight is 347 g/mol. The summed E-state index contributed by atoms with van der Waals surface area (Å²) in [6.07, 6.45) is -0.906. The second-order valence-corrected chi connectivity index (χ2v) is 6.03. The Morgan fingerprint density at radius 1 is 1.12 bits per heavy atom. The fraction of sp³-hybridized carbons (Fsp3) is 0.389. The normalized spacial score (nSPS) is 13.3. The summed E-state index contributed by atoms with van der Waals surface area (Å²) in [6, 6.07) is 2.46. The molecule has 2 N–H and O–H groups in total. The van der Waals surface area contributed by atoms with Gasteiger partial charge in [-0.25, -0.2) is 4.79 Å². The molecule has 7 heteroatoms. The first kappa shape index (κ1) is 18.5. The monoisotopic (exact) mass is 347 g/mol. The van der Waals surface area contributed by atoms with Crippen LogP contribution in [0, 0.1) is 20.8 Å². The van der Waals surface area contributed by atoms with Crippen LogP contribution in [0.3, 0.4) is 0 Å². The van der Waals surface area contributed by atoms with E-state index in [1.807, 2.05) is 6.92 Å². The highest BCUT2D eigenvalue weighted by Gasteiger charge is 2.21. The van der Waals surface area contributed by atoms with Crippen molar-refractivity contribution < 1.29 is 23.8 Å². The molecule has 2 aromatic rings. The Kier molecular flexibility index (Phi) is 5.15. The third kappa shape index (κ3) is 3.65. The third-order valence-electron chi connectivity index (χ3n) is 4.23. The minimum Gasteiger partial charge on any atom is -0.480 e. The smallest absolute Gasteiger partial charge is 0.339 e. The average Bonchev–Trinajstić information content (AvgIpc) is 2.55.